The van der Waals surface area contributed by atoms with E-state index in [1.54, 1.807) is 0 Å². The molecule has 0 bridgehead atoms. The normalized spacial score (nSPS) is 12.7. The lowest BCUT2D eigenvalue weighted by molar-refractivity contribution is -0.114. The Balaban J connectivity index is 3.81. The lowest BCUT2D eigenvalue weighted by Gasteiger charge is -1.98. The predicted octanol–water partition coefficient (Wildman–Crippen LogP) is 4.53. The number of hydrogen-bond acceptors (Lipinski definition) is 1. The van der Waals surface area contributed by atoms with Crippen molar-refractivity contribution in [2.45, 2.75) is 32.6 Å². The molecule has 0 N–H and O–H groups in total. The second kappa shape index (κ2) is 7.50. The number of carbonyl (C=O) groups excluding carboxylic acids is 1. The SMILES string of the molecule is CCCCCC(=O)/C(Br)=C(/Br)I. The molecule has 0 atom stereocenters. The van der Waals surface area contributed by atoms with E-state index in [0.29, 0.717) is 10.9 Å². The highest BCUT2D eigenvalue weighted by Crippen LogP contribution is 2.26. The first-order chi connectivity index (χ1) is 5.59. The first-order valence-corrected chi connectivity index (χ1v) is 6.50. The maximum atomic E-state index is 11.3. The van der Waals surface area contributed by atoms with Crippen LogP contribution in [-0.4, -0.2) is 5.78 Å². The third-order valence-electron chi connectivity index (χ3n) is 1.42. The van der Waals surface area contributed by atoms with Crippen molar-refractivity contribution < 1.29 is 4.79 Å². The zero-order valence-electron chi connectivity index (χ0n) is 6.87. The summed E-state index contributed by atoms with van der Waals surface area (Å²) in [4.78, 5) is 11.3. The minimum atomic E-state index is 0.185. The Morgan fingerprint density at radius 3 is 2.33 bits per heavy atom. The second-order valence-corrected chi connectivity index (χ2v) is 6.60. The summed E-state index contributed by atoms with van der Waals surface area (Å²) in [5.41, 5.74) is 0. The Bertz CT molecular complexity index is 185. The van der Waals surface area contributed by atoms with Crippen LogP contribution in [0.5, 0.6) is 0 Å². The van der Waals surface area contributed by atoms with Gasteiger partial charge >= 0.3 is 0 Å². The van der Waals surface area contributed by atoms with Gasteiger partial charge in [-0.15, -0.1) is 0 Å². The maximum Gasteiger partial charge on any atom is 0.171 e. The molecule has 0 aromatic rings. The molecule has 0 aromatic heterocycles. The molecule has 0 aliphatic heterocycles. The molecule has 0 aromatic carbocycles. The van der Waals surface area contributed by atoms with Gasteiger partial charge in [-0.25, -0.2) is 0 Å². The second-order valence-electron chi connectivity index (χ2n) is 2.45. The van der Waals surface area contributed by atoms with Crippen LogP contribution in [0.2, 0.25) is 0 Å². The van der Waals surface area contributed by atoms with Gasteiger partial charge in [-0.1, -0.05) is 19.8 Å². The molecule has 1 nitrogen and oxygen atoms in total. The van der Waals surface area contributed by atoms with Gasteiger partial charge in [-0.2, -0.15) is 0 Å². The fourth-order valence-electron chi connectivity index (χ4n) is 0.751. The Morgan fingerprint density at radius 1 is 1.33 bits per heavy atom. The van der Waals surface area contributed by atoms with Gasteiger partial charge in [0.2, 0.25) is 0 Å². The van der Waals surface area contributed by atoms with Crippen molar-refractivity contribution in [1.82, 2.24) is 0 Å². The van der Waals surface area contributed by atoms with Gasteiger partial charge in [0.15, 0.2) is 5.78 Å². The molecule has 0 aliphatic rings. The highest BCUT2D eigenvalue weighted by Gasteiger charge is 2.08. The van der Waals surface area contributed by atoms with Gasteiger partial charge in [0, 0.05) is 6.42 Å². The predicted molar refractivity (Wildman–Crippen MR) is 68.0 cm³/mol. The van der Waals surface area contributed by atoms with Crippen LogP contribution >= 0.6 is 54.5 Å². The van der Waals surface area contributed by atoms with E-state index < -0.39 is 0 Å². The number of hydrogen-bond donors (Lipinski definition) is 0. The van der Waals surface area contributed by atoms with E-state index in [0.717, 1.165) is 21.8 Å². The Kier molecular flexibility index (Phi) is 8.19. The first kappa shape index (κ1) is 13.1. The molecule has 0 aliphatic carbocycles. The molecule has 0 amide bonds. The zero-order chi connectivity index (χ0) is 9.56. The molecular formula is C8H11Br2IO. The smallest absolute Gasteiger partial charge is 0.171 e. The average Bonchev–Trinajstić information content (AvgIpc) is 2.03. The summed E-state index contributed by atoms with van der Waals surface area (Å²) >= 11 is 8.56. The minimum absolute atomic E-state index is 0.185. The molecule has 0 saturated heterocycles. The van der Waals surface area contributed by atoms with Crippen molar-refractivity contribution in [2.24, 2.45) is 0 Å². The summed E-state index contributed by atoms with van der Waals surface area (Å²) < 4.78 is 1.51. The van der Waals surface area contributed by atoms with Crippen LogP contribution in [-0.2, 0) is 4.79 Å². The van der Waals surface area contributed by atoms with E-state index in [1.807, 2.05) is 0 Å². The van der Waals surface area contributed by atoms with Crippen molar-refractivity contribution in [3.8, 4) is 0 Å². The fourth-order valence-corrected chi connectivity index (χ4v) is 1.47. The van der Waals surface area contributed by atoms with Crippen LogP contribution in [0.15, 0.2) is 6.97 Å². The van der Waals surface area contributed by atoms with Crippen LogP contribution in [0.3, 0.4) is 0 Å². The van der Waals surface area contributed by atoms with E-state index in [1.165, 1.54) is 0 Å². The topological polar surface area (TPSA) is 17.1 Å². The van der Waals surface area contributed by atoms with Gasteiger partial charge in [0.1, 0.15) is 0 Å². The largest absolute Gasteiger partial charge is 0.294 e. The number of unbranched alkanes of at least 4 members (excludes halogenated alkanes) is 2. The molecular weight excluding hydrogens is 399 g/mol. The summed E-state index contributed by atoms with van der Waals surface area (Å²) in [5, 5.41) is 0. The zero-order valence-corrected chi connectivity index (χ0v) is 12.2. The van der Waals surface area contributed by atoms with Crippen molar-refractivity contribution >= 4 is 60.2 Å². The van der Waals surface area contributed by atoms with E-state index in [4.69, 9.17) is 0 Å². The molecule has 0 rings (SSSR count). The number of carbonyl (C=O) groups is 1. The van der Waals surface area contributed by atoms with E-state index in [2.05, 4.69) is 61.4 Å². The molecule has 12 heavy (non-hydrogen) atoms. The lowest BCUT2D eigenvalue weighted by atomic mass is 10.1. The number of Topliss-reactive ketones (excluding diaryl/α,β-unsaturated/α-hetero) is 1. The highest BCUT2D eigenvalue weighted by molar-refractivity contribution is 14.1. The average molecular weight is 410 g/mol. The first-order valence-electron chi connectivity index (χ1n) is 3.83. The molecule has 0 radical (unpaired) electrons. The van der Waals surface area contributed by atoms with Crippen LogP contribution in [0, 0.1) is 0 Å². The third kappa shape index (κ3) is 5.70. The van der Waals surface area contributed by atoms with Crippen LogP contribution in [0.1, 0.15) is 32.6 Å². The minimum Gasteiger partial charge on any atom is -0.294 e. The van der Waals surface area contributed by atoms with Gasteiger partial charge in [0.25, 0.3) is 0 Å². The van der Waals surface area contributed by atoms with Crippen LogP contribution in [0.4, 0.5) is 0 Å². The fraction of sp³-hybridized carbons (Fsp3) is 0.625. The van der Waals surface area contributed by atoms with Crippen molar-refractivity contribution in [3.63, 3.8) is 0 Å². The lowest BCUT2D eigenvalue weighted by Crippen LogP contribution is -1.97. The molecule has 0 unspecified atom stereocenters. The van der Waals surface area contributed by atoms with E-state index in [9.17, 15) is 4.79 Å². The summed E-state index contributed by atoms with van der Waals surface area (Å²) in [5.74, 6) is 0.185. The standard InChI is InChI=1S/C8H11Br2IO/c1-2-3-4-5-6(12)7(9)8(10)11/h2-5H2,1H3/b8-7+. The van der Waals surface area contributed by atoms with Gasteiger partial charge < -0.3 is 0 Å². The third-order valence-corrected chi connectivity index (χ3v) is 4.47. The molecule has 0 fully saturated rings. The Hall–Kier alpha value is 1.10. The molecule has 4 heteroatoms. The summed E-state index contributed by atoms with van der Waals surface area (Å²) in [6.07, 6.45) is 3.92. The molecule has 0 spiro atoms. The summed E-state index contributed by atoms with van der Waals surface area (Å²) in [6.45, 7) is 2.13. The van der Waals surface area contributed by atoms with Gasteiger partial charge in [-0.3, -0.25) is 4.79 Å². The Labute approximate surface area is 104 Å². The quantitative estimate of drug-likeness (QED) is 0.370. The number of rotatable bonds is 5. The summed E-state index contributed by atoms with van der Waals surface area (Å²) in [7, 11) is 0. The molecule has 0 heterocycles. The van der Waals surface area contributed by atoms with Crippen molar-refractivity contribution in [2.75, 3.05) is 0 Å². The van der Waals surface area contributed by atoms with Crippen LogP contribution in [0.25, 0.3) is 0 Å². The van der Waals surface area contributed by atoms with E-state index >= 15 is 0 Å². The number of ketones is 1. The highest BCUT2D eigenvalue weighted by atomic mass is 127. The van der Waals surface area contributed by atoms with Crippen LogP contribution < -0.4 is 0 Å². The molecule has 70 valence electrons. The van der Waals surface area contributed by atoms with Gasteiger partial charge in [-0.05, 0) is 60.9 Å². The maximum absolute atomic E-state index is 11.3. The van der Waals surface area contributed by atoms with Crippen molar-refractivity contribution in [1.29, 1.82) is 0 Å². The Morgan fingerprint density at radius 2 is 1.92 bits per heavy atom. The number of allylic oxidation sites excluding steroid dienone is 1. The number of halogens is 3. The van der Waals surface area contributed by atoms with Crippen molar-refractivity contribution in [3.05, 3.63) is 6.97 Å². The monoisotopic (exact) mass is 408 g/mol. The molecule has 0 saturated carbocycles. The summed E-state index contributed by atoms with van der Waals surface area (Å²) in [6, 6.07) is 0. The van der Waals surface area contributed by atoms with E-state index in [-0.39, 0.29) is 5.78 Å². The van der Waals surface area contributed by atoms with Gasteiger partial charge in [0.05, 0.1) is 6.97 Å².